The molecule has 0 N–H and O–H groups in total. The van der Waals surface area contributed by atoms with E-state index >= 15 is 0 Å². The molecule has 5 rings (SSSR count). The summed E-state index contributed by atoms with van der Waals surface area (Å²) in [5.41, 5.74) is 10.1. The molecule has 0 amide bonds. The van der Waals surface area contributed by atoms with E-state index in [-0.39, 0.29) is 24.8 Å². The molecule has 1 unspecified atom stereocenters. The molecule has 1 atom stereocenters. The van der Waals surface area contributed by atoms with Gasteiger partial charge in [-0.25, -0.2) is 0 Å². The fraction of sp³-hybridized carbons (Fsp3) is 0.148. The Morgan fingerprint density at radius 3 is 1.80 bits per heavy atom. The van der Waals surface area contributed by atoms with Gasteiger partial charge in [-0.15, -0.1) is 0 Å². The third-order valence-electron chi connectivity index (χ3n) is 6.29. The maximum Gasteiger partial charge on any atom is -1.00 e. The molecule has 3 heteroatoms. The standard InChI is InChI=1S/C13H9.C13H13.CH2.2ClH.Zr/c1-3-7-12-10(5-1)9-11-6-2-4-8-13(11)12;1-10-8-11(2)13(9-10)12-6-4-3-5-7-12;;;;/h1-9H;3-7,9-10H,1-2H3;1H2;2*1H;/q;;;;;+2/p-2. The van der Waals surface area contributed by atoms with Crippen LogP contribution in [-0.4, -0.2) is 4.21 Å². The van der Waals surface area contributed by atoms with Gasteiger partial charge in [0.05, 0.1) is 0 Å². The van der Waals surface area contributed by atoms with Crippen molar-refractivity contribution >= 4 is 9.78 Å². The average molecular weight is 511 g/mol. The Hall–Kier alpha value is -1.53. The second-order valence-corrected chi connectivity index (χ2v) is 13.2. The van der Waals surface area contributed by atoms with Gasteiger partial charge in [0.25, 0.3) is 0 Å². The Kier molecular flexibility index (Phi) is 7.18. The van der Waals surface area contributed by atoms with Crippen LogP contribution >= 0.6 is 0 Å². The van der Waals surface area contributed by atoms with E-state index in [9.17, 15) is 0 Å². The molecule has 0 fully saturated rings. The van der Waals surface area contributed by atoms with E-state index in [2.05, 4.69) is 98.8 Å². The van der Waals surface area contributed by atoms with Crippen LogP contribution in [0.4, 0.5) is 0 Å². The molecule has 0 aliphatic heterocycles. The number of fused-ring (bicyclic) bond motifs is 3. The van der Waals surface area contributed by atoms with E-state index in [0.29, 0.717) is 9.54 Å². The summed E-state index contributed by atoms with van der Waals surface area (Å²) in [6.45, 7) is 4.70. The fourth-order valence-electron chi connectivity index (χ4n) is 5.10. The molecule has 0 bridgehead atoms. The number of benzene rings is 3. The monoisotopic (exact) mass is 508 g/mol. The van der Waals surface area contributed by atoms with Crippen LogP contribution in [0.1, 0.15) is 34.2 Å². The zero-order valence-corrected chi connectivity index (χ0v) is 21.2. The molecule has 2 aliphatic carbocycles. The van der Waals surface area contributed by atoms with Crippen LogP contribution in [0.5, 0.6) is 0 Å². The van der Waals surface area contributed by atoms with Crippen molar-refractivity contribution in [1.82, 2.24) is 0 Å². The van der Waals surface area contributed by atoms with E-state index in [1.807, 2.05) is 0 Å². The number of hydrogen-bond donors (Lipinski definition) is 0. The Balaban J connectivity index is 0.00000128. The summed E-state index contributed by atoms with van der Waals surface area (Å²) in [4.78, 5) is 0. The molecule has 0 radical (unpaired) electrons. The average Bonchev–Trinajstić information content (AvgIpc) is 3.22. The molecule has 0 saturated carbocycles. The Bertz CT molecular complexity index is 1110. The maximum absolute atomic E-state index is 4.93. The van der Waals surface area contributed by atoms with E-state index in [0.717, 1.165) is 0 Å². The first-order valence-corrected chi connectivity index (χ1v) is 14.4. The van der Waals surface area contributed by atoms with Gasteiger partial charge in [0, 0.05) is 0 Å². The Morgan fingerprint density at radius 2 is 1.23 bits per heavy atom. The van der Waals surface area contributed by atoms with Crippen LogP contribution < -0.4 is 24.8 Å². The van der Waals surface area contributed by atoms with Crippen molar-refractivity contribution in [3.8, 4) is 11.1 Å². The van der Waals surface area contributed by atoms with Gasteiger partial charge in [0.2, 0.25) is 0 Å². The van der Waals surface area contributed by atoms with Gasteiger partial charge < -0.3 is 24.8 Å². The molecule has 0 spiro atoms. The second-order valence-electron chi connectivity index (χ2n) is 7.91. The zero-order chi connectivity index (χ0) is 19.3. The molecule has 3 aromatic carbocycles. The van der Waals surface area contributed by atoms with Gasteiger partial charge >= 0.3 is 176 Å². The van der Waals surface area contributed by atoms with E-state index in [4.69, 9.17) is 4.21 Å². The van der Waals surface area contributed by atoms with Crippen LogP contribution in [0, 0.1) is 5.92 Å². The number of allylic oxidation sites excluding steroid dienone is 4. The quantitative estimate of drug-likeness (QED) is 0.490. The largest absolute Gasteiger partial charge is 1.00 e. The number of hydrogen-bond acceptors (Lipinski definition) is 0. The first-order valence-electron chi connectivity index (χ1n) is 10.0. The fourth-order valence-corrected chi connectivity index (χ4v) is 12.1. The molecule has 150 valence electrons. The van der Waals surface area contributed by atoms with Gasteiger partial charge in [-0.05, 0) is 0 Å². The summed E-state index contributed by atoms with van der Waals surface area (Å²) < 4.78 is 7.13. The molecular formula is C27H24Cl2Zr. The first-order chi connectivity index (χ1) is 13.7. The van der Waals surface area contributed by atoms with E-state index in [1.54, 1.807) is 3.28 Å². The van der Waals surface area contributed by atoms with Crippen LogP contribution in [0.25, 0.3) is 16.7 Å². The van der Waals surface area contributed by atoms with Gasteiger partial charge in [0.15, 0.2) is 0 Å². The molecular weight excluding hydrogens is 486 g/mol. The predicted octanol–water partition coefficient (Wildman–Crippen LogP) is 0.822. The minimum absolute atomic E-state index is 0. The van der Waals surface area contributed by atoms with Gasteiger partial charge in [-0.2, -0.15) is 0 Å². The molecule has 2 aliphatic rings. The smallest absolute Gasteiger partial charge is 1.00 e. The summed E-state index contributed by atoms with van der Waals surface area (Å²) in [7, 11) is 0. The summed E-state index contributed by atoms with van der Waals surface area (Å²) in [6, 6.07) is 28.8. The van der Waals surface area contributed by atoms with Crippen LogP contribution in [0.15, 0.2) is 93.8 Å². The normalized spacial score (nSPS) is 16.6. The molecule has 0 saturated heterocycles. The van der Waals surface area contributed by atoms with E-state index < -0.39 is 21.3 Å². The molecule has 0 nitrogen and oxygen atoms in total. The van der Waals surface area contributed by atoms with Gasteiger partial charge in [-0.1, -0.05) is 0 Å². The SMILES string of the molecule is [CH2]=[Zr+2]([C]1=C(C)C(c2ccccc2)=CC1C)[CH]1c2ccccc2-c2ccccc21.[Cl-].[Cl-]. The van der Waals surface area contributed by atoms with Gasteiger partial charge in [0.1, 0.15) is 0 Å². The van der Waals surface area contributed by atoms with Crippen molar-refractivity contribution < 1.29 is 46.1 Å². The number of rotatable bonds is 3. The third kappa shape index (κ3) is 3.66. The Morgan fingerprint density at radius 1 is 0.733 bits per heavy atom. The molecule has 30 heavy (non-hydrogen) atoms. The summed E-state index contributed by atoms with van der Waals surface area (Å²) >= 11 is -2.19. The maximum atomic E-state index is 4.93. The molecule has 3 aromatic rings. The summed E-state index contributed by atoms with van der Waals surface area (Å²) in [5.74, 6) is 0.502. The summed E-state index contributed by atoms with van der Waals surface area (Å²) in [5, 5.41) is 0. The van der Waals surface area contributed by atoms with Crippen LogP contribution in [-0.2, 0) is 21.3 Å². The van der Waals surface area contributed by atoms with Gasteiger partial charge in [-0.3, -0.25) is 0 Å². The van der Waals surface area contributed by atoms with Crippen LogP contribution in [0.3, 0.4) is 0 Å². The van der Waals surface area contributed by atoms with Crippen molar-refractivity contribution in [2.45, 2.75) is 17.5 Å². The molecule has 0 aromatic heterocycles. The first kappa shape index (κ1) is 23.1. The zero-order valence-electron chi connectivity index (χ0n) is 17.2. The van der Waals surface area contributed by atoms with Crippen molar-refractivity contribution in [3.05, 3.63) is 110 Å². The number of halogens is 2. The summed E-state index contributed by atoms with van der Waals surface area (Å²) in [6.07, 6.45) is 2.47. The van der Waals surface area contributed by atoms with Crippen molar-refractivity contribution in [2.75, 3.05) is 0 Å². The van der Waals surface area contributed by atoms with Crippen molar-refractivity contribution in [3.63, 3.8) is 0 Å². The third-order valence-corrected chi connectivity index (χ3v) is 13.3. The predicted molar refractivity (Wildman–Crippen MR) is 117 cm³/mol. The molecule has 0 heterocycles. The second kappa shape index (κ2) is 9.31. The van der Waals surface area contributed by atoms with Crippen molar-refractivity contribution in [2.24, 2.45) is 5.92 Å². The minimum atomic E-state index is -2.19. The Labute approximate surface area is 199 Å². The van der Waals surface area contributed by atoms with Crippen molar-refractivity contribution in [1.29, 1.82) is 0 Å². The topological polar surface area (TPSA) is 0 Å². The van der Waals surface area contributed by atoms with E-state index in [1.165, 1.54) is 39.0 Å². The minimum Gasteiger partial charge on any atom is -1.00 e. The van der Waals surface area contributed by atoms with Crippen LogP contribution in [0.2, 0.25) is 0 Å².